The van der Waals surface area contributed by atoms with Crippen molar-refractivity contribution >= 4 is 16.9 Å². The Morgan fingerprint density at radius 3 is 2.97 bits per heavy atom. The van der Waals surface area contributed by atoms with Crippen molar-refractivity contribution in [1.29, 1.82) is 0 Å². The summed E-state index contributed by atoms with van der Waals surface area (Å²) < 4.78 is 9.18. The Balaban J connectivity index is 1.57. The average molecular weight is 418 g/mol. The van der Waals surface area contributed by atoms with Crippen molar-refractivity contribution in [2.24, 2.45) is 12.0 Å². The second-order valence-electron chi connectivity index (χ2n) is 7.67. The zero-order valence-corrected chi connectivity index (χ0v) is 17.0. The highest BCUT2D eigenvalue weighted by Gasteiger charge is 2.25. The number of aryl methyl sites for hydroxylation is 1. The van der Waals surface area contributed by atoms with Gasteiger partial charge in [0.25, 0.3) is 5.91 Å². The molecule has 31 heavy (non-hydrogen) atoms. The molecule has 1 aromatic carbocycles. The number of nitrogens with one attached hydrogen (secondary N) is 1. The maximum absolute atomic E-state index is 13.0. The van der Waals surface area contributed by atoms with Gasteiger partial charge in [0.05, 0.1) is 48.3 Å². The van der Waals surface area contributed by atoms with Gasteiger partial charge in [0.1, 0.15) is 0 Å². The molecule has 9 nitrogen and oxygen atoms in total. The molecule has 5 rings (SSSR count). The van der Waals surface area contributed by atoms with Crippen LogP contribution in [-0.4, -0.2) is 54.6 Å². The lowest BCUT2D eigenvalue weighted by Gasteiger charge is -2.27. The molecule has 2 N–H and O–H groups in total. The van der Waals surface area contributed by atoms with Crippen LogP contribution >= 0.6 is 0 Å². The number of amides is 1. The van der Waals surface area contributed by atoms with Crippen molar-refractivity contribution in [2.75, 3.05) is 13.2 Å². The fourth-order valence-corrected chi connectivity index (χ4v) is 3.94. The summed E-state index contributed by atoms with van der Waals surface area (Å²) in [4.78, 5) is 25.0. The number of aliphatic hydroxyl groups is 1. The first-order chi connectivity index (χ1) is 15.1. The molecule has 1 aliphatic heterocycles. The van der Waals surface area contributed by atoms with Crippen LogP contribution in [0.25, 0.3) is 22.3 Å². The molecule has 0 radical (unpaired) electrons. The second kappa shape index (κ2) is 7.93. The third kappa shape index (κ3) is 3.80. The van der Waals surface area contributed by atoms with E-state index in [0.717, 1.165) is 16.6 Å². The van der Waals surface area contributed by atoms with Crippen LogP contribution in [0.1, 0.15) is 22.8 Å². The Kier molecular flexibility index (Phi) is 4.97. The van der Waals surface area contributed by atoms with Gasteiger partial charge in [-0.05, 0) is 30.7 Å². The summed E-state index contributed by atoms with van der Waals surface area (Å²) in [6, 6.07) is 11.0. The van der Waals surface area contributed by atoms with Gasteiger partial charge >= 0.3 is 0 Å². The molecule has 0 saturated carbocycles. The van der Waals surface area contributed by atoms with Gasteiger partial charge in [0, 0.05) is 30.6 Å². The molecular formula is C22H22N6O3. The summed E-state index contributed by atoms with van der Waals surface area (Å²) >= 11 is 0. The average Bonchev–Trinajstić information content (AvgIpc) is 3.37. The molecule has 0 unspecified atom stereocenters. The minimum atomic E-state index is -0.550. The van der Waals surface area contributed by atoms with E-state index in [9.17, 15) is 9.90 Å². The van der Waals surface area contributed by atoms with E-state index in [1.54, 1.807) is 29.2 Å². The first-order valence-corrected chi connectivity index (χ1v) is 10.1. The Bertz CT molecular complexity index is 1320. The minimum absolute atomic E-state index is 0.130. The van der Waals surface area contributed by atoms with Gasteiger partial charge < -0.3 is 19.4 Å². The zero-order valence-electron chi connectivity index (χ0n) is 17.0. The monoisotopic (exact) mass is 418 g/mol. The molecule has 4 heterocycles. The molecule has 0 spiro atoms. The van der Waals surface area contributed by atoms with E-state index in [1.807, 2.05) is 42.1 Å². The van der Waals surface area contributed by atoms with Gasteiger partial charge in [0.15, 0.2) is 0 Å². The third-order valence-corrected chi connectivity index (χ3v) is 5.38. The van der Waals surface area contributed by atoms with E-state index in [1.165, 1.54) is 0 Å². The van der Waals surface area contributed by atoms with Crippen LogP contribution in [0.3, 0.4) is 0 Å². The Morgan fingerprint density at radius 2 is 2.16 bits per heavy atom. The number of hydrogen-bond donors (Lipinski definition) is 2. The summed E-state index contributed by atoms with van der Waals surface area (Å²) in [5.41, 5.74) is 4.10. The molecule has 1 aliphatic rings. The largest absolute Gasteiger partial charge is 0.391 e. The van der Waals surface area contributed by atoms with Gasteiger partial charge in [-0.25, -0.2) is 0 Å². The molecule has 3 aromatic heterocycles. The van der Waals surface area contributed by atoms with Gasteiger partial charge in [-0.1, -0.05) is 12.1 Å². The standard InChI is InChI=1S/C22H22N6O3/c1-27-11-15(10-24-27)19-8-14(6-7-23-19)21(30)26-22-25-18-4-2-3-5-20(18)28(22)16-9-17(29)13-31-12-16/h2-8,10-11,16-17,29H,9,12-13H2,1H3,(H,25,26,30)/t16-,17-/m1/s1. The van der Waals surface area contributed by atoms with Crippen molar-refractivity contribution in [3.05, 3.63) is 66.2 Å². The van der Waals surface area contributed by atoms with E-state index in [-0.39, 0.29) is 11.9 Å². The van der Waals surface area contributed by atoms with Crippen molar-refractivity contribution in [1.82, 2.24) is 24.3 Å². The van der Waals surface area contributed by atoms with Crippen LogP contribution in [0.5, 0.6) is 0 Å². The molecule has 9 heteroatoms. The van der Waals surface area contributed by atoms with E-state index in [0.29, 0.717) is 36.5 Å². The summed E-state index contributed by atoms with van der Waals surface area (Å²) in [5, 5.41) is 14.2. The lowest BCUT2D eigenvalue weighted by atomic mass is 10.1. The molecular weight excluding hydrogens is 396 g/mol. The van der Waals surface area contributed by atoms with Crippen LogP contribution in [0.15, 0.2) is 60.0 Å². The fraction of sp³-hybridized carbons (Fsp3) is 0.273. The SMILES string of the molecule is Cn1cc(-c2cc(C(=O)/N=c3\[nH]c4ccccc4n3[C@H]3COC[C@H](O)C3)ccn2)cn1. The minimum Gasteiger partial charge on any atom is -0.391 e. The smallest absolute Gasteiger partial charge is 0.280 e. The van der Waals surface area contributed by atoms with E-state index in [2.05, 4.69) is 20.1 Å². The number of aromatic amines is 1. The molecule has 0 aliphatic carbocycles. The number of para-hydroxylation sites is 2. The maximum atomic E-state index is 13.0. The number of H-pyrrole nitrogens is 1. The number of aromatic nitrogens is 5. The summed E-state index contributed by atoms with van der Waals surface area (Å²) in [5.74, 6) is -0.384. The van der Waals surface area contributed by atoms with E-state index >= 15 is 0 Å². The first-order valence-electron chi connectivity index (χ1n) is 10.1. The highest BCUT2D eigenvalue weighted by atomic mass is 16.5. The molecule has 1 amide bonds. The molecule has 1 saturated heterocycles. The van der Waals surface area contributed by atoms with Gasteiger partial charge in [-0.2, -0.15) is 10.1 Å². The number of rotatable bonds is 3. The molecule has 0 bridgehead atoms. The predicted molar refractivity (Wildman–Crippen MR) is 113 cm³/mol. The Morgan fingerprint density at radius 1 is 1.29 bits per heavy atom. The van der Waals surface area contributed by atoms with Crippen molar-refractivity contribution in [3.63, 3.8) is 0 Å². The number of aliphatic hydroxyl groups excluding tert-OH is 1. The van der Waals surface area contributed by atoms with Crippen molar-refractivity contribution in [3.8, 4) is 11.3 Å². The number of pyridine rings is 1. The second-order valence-corrected chi connectivity index (χ2v) is 7.67. The van der Waals surface area contributed by atoms with Crippen molar-refractivity contribution in [2.45, 2.75) is 18.6 Å². The van der Waals surface area contributed by atoms with Crippen LogP contribution in [0, 0.1) is 0 Å². The molecule has 1 fully saturated rings. The van der Waals surface area contributed by atoms with Gasteiger partial charge in [-0.15, -0.1) is 0 Å². The number of benzene rings is 1. The number of imidazole rings is 1. The first kappa shape index (κ1) is 19.4. The van der Waals surface area contributed by atoms with E-state index in [4.69, 9.17) is 4.74 Å². The number of fused-ring (bicyclic) bond motifs is 1. The summed E-state index contributed by atoms with van der Waals surface area (Å²) in [6.45, 7) is 0.764. The highest BCUT2D eigenvalue weighted by molar-refractivity contribution is 5.95. The van der Waals surface area contributed by atoms with Gasteiger partial charge in [-0.3, -0.25) is 14.5 Å². The predicted octanol–water partition coefficient (Wildman–Crippen LogP) is 1.83. The van der Waals surface area contributed by atoms with Crippen LogP contribution < -0.4 is 5.62 Å². The maximum Gasteiger partial charge on any atom is 0.280 e. The topological polar surface area (TPSA) is 110 Å². The van der Waals surface area contributed by atoms with Crippen LogP contribution in [0.2, 0.25) is 0 Å². The molecule has 158 valence electrons. The third-order valence-electron chi connectivity index (χ3n) is 5.38. The van der Waals surface area contributed by atoms with Crippen molar-refractivity contribution < 1.29 is 14.6 Å². The highest BCUT2D eigenvalue weighted by Crippen LogP contribution is 2.23. The molecule has 4 aromatic rings. The number of carbonyl (C=O) groups is 1. The van der Waals surface area contributed by atoms with Crippen LogP contribution in [-0.2, 0) is 11.8 Å². The number of hydrogen-bond acceptors (Lipinski definition) is 5. The van der Waals surface area contributed by atoms with Gasteiger partial charge in [0.2, 0.25) is 5.62 Å². The Hall–Kier alpha value is -3.56. The van der Waals surface area contributed by atoms with Crippen LogP contribution in [0.4, 0.5) is 0 Å². The zero-order chi connectivity index (χ0) is 21.4. The summed E-state index contributed by atoms with van der Waals surface area (Å²) in [7, 11) is 1.83. The lowest BCUT2D eigenvalue weighted by Crippen LogP contribution is -2.36. The number of nitrogens with zero attached hydrogens (tertiary/aromatic N) is 5. The quantitative estimate of drug-likeness (QED) is 0.527. The normalized spacial score (nSPS) is 19.7. The Labute approximate surface area is 177 Å². The van der Waals surface area contributed by atoms with E-state index < -0.39 is 6.10 Å². The number of ether oxygens (including phenoxy) is 1. The fourth-order valence-electron chi connectivity index (χ4n) is 3.94. The molecule has 2 atom stereocenters. The number of carbonyl (C=O) groups excluding carboxylic acids is 1. The summed E-state index contributed by atoms with van der Waals surface area (Å²) in [6.07, 6.45) is 5.12. The lowest BCUT2D eigenvalue weighted by molar-refractivity contribution is -0.0316.